The minimum absolute atomic E-state index is 0. The molecule has 0 fully saturated rings. The van der Waals surface area contributed by atoms with Crippen molar-refractivity contribution in [2.75, 3.05) is 6.54 Å². The Bertz CT molecular complexity index is 550. The Morgan fingerprint density at radius 2 is 1.83 bits per heavy atom. The summed E-state index contributed by atoms with van der Waals surface area (Å²) in [5.74, 6) is -0.0000981. The molecule has 0 spiro atoms. The van der Waals surface area contributed by atoms with E-state index < -0.39 is 5.54 Å². The third kappa shape index (κ3) is 5.21. The number of halogens is 1. The van der Waals surface area contributed by atoms with Gasteiger partial charge in [-0.15, -0.1) is 12.4 Å². The second-order valence-electron chi connectivity index (χ2n) is 6.55. The summed E-state index contributed by atoms with van der Waals surface area (Å²) >= 11 is 0. The molecule has 1 atom stereocenters. The van der Waals surface area contributed by atoms with Gasteiger partial charge in [0.2, 0.25) is 11.8 Å². The summed E-state index contributed by atoms with van der Waals surface area (Å²) in [6.07, 6.45) is 2.61. The van der Waals surface area contributed by atoms with Crippen LogP contribution in [0.1, 0.15) is 50.7 Å². The van der Waals surface area contributed by atoms with Gasteiger partial charge < -0.3 is 16.0 Å². The van der Waals surface area contributed by atoms with E-state index in [2.05, 4.69) is 17.4 Å². The average Bonchev–Trinajstić information content (AvgIpc) is 2.95. The van der Waals surface area contributed by atoms with Crippen LogP contribution in [0.25, 0.3) is 0 Å². The number of benzene rings is 1. The molecule has 0 radical (unpaired) electrons. The van der Waals surface area contributed by atoms with Crippen molar-refractivity contribution in [3.8, 4) is 0 Å². The van der Waals surface area contributed by atoms with Gasteiger partial charge in [0.15, 0.2) is 0 Å². The van der Waals surface area contributed by atoms with E-state index in [9.17, 15) is 9.59 Å². The lowest BCUT2D eigenvalue weighted by atomic mass is 9.96. The third-order valence-electron chi connectivity index (χ3n) is 4.33. The summed E-state index contributed by atoms with van der Waals surface area (Å²) in [5, 5.41) is 2.84. The first kappa shape index (κ1) is 20.5. The normalized spacial score (nSPS) is 15.2. The molecule has 1 aliphatic heterocycles. The van der Waals surface area contributed by atoms with Crippen LogP contribution < -0.4 is 11.1 Å². The van der Waals surface area contributed by atoms with E-state index in [0.717, 1.165) is 6.42 Å². The molecule has 0 aromatic heterocycles. The molecule has 5 nitrogen and oxygen atoms in total. The lowest BCUT2D eigenvalue weighted by Gasteiger charge is -2.23. The summed E-state index contributed by atoms with van der Waals surface area (Å²) in [7, 11) is 0. The number of amides is 2. The quantitative estimate of drug-likeness (QED) is 0.739. The SMILES string of the molecule is CCCC(C)(N)C(=O)NCCCC(=O)N1Cc2ccccc2C1.Cl. The van der Waals surface area contributed by atoms with Gasteiger partial charge in [0.05, 0.1) is 5.54 Å². The highest BCUT2D eigenvalue weighted by Gasteiger charge is 2.27. The molecule has 0 aliphatic carbocycles. The monoisotopic (exact) mass is 353 g/mol. The van der Waals surface area contributed by atoms with Crippen molar-refractivity contribution in [3.63, 3.8) is 0 Å². The van der Waals surface area contributed by atoms with Crippen LogP contribution >= 0.6 is 12.4 Å². The zero-order valence-electron chi connectivity index (χ0n) is 14.5. The highest BCUT2D eigenvalue weighted by atomic mass is 35.5. The first-order chi connectivity index (χ1) is 10.9. The van der Waals surface area contributed by atoms with Crippen LogP contribution in [0.4, 0.5) is 0 Å². The second kappa shape index (κ2) is 9.04. The Labute approximate surface area is 150 Å². The van der Waals surface area contributed by atoms with Crippen LogP contribution in [0.2, 0.25) is 0 Å². The zero-order valence-corrected chi connectivity index (χ0v) is 15.3. The fraction of sp³-hybridized carbons (Fsp3) is 0.556. The Morgan fingerprint density at radius 3 is 2.38 bits per heavy atom. The van der Waals surface area contributed by atoms with Crippen molar-refractivity contribution >= 4 is 24.2 Å². The number of carbonyl (C=O) groups is 2. The van der Waals surface area contributed by atoms with Crippen LogP contribution in [-0.2, 0) is 22.7 Å². The van der Waals surface area contributed by atoms with E-state index in [0.29, 0.717) is 38.9 Å². The van der Waals surface area contributed by atoms with Gasteiger partial charge in [0, 0.05) is 26.1 Å². The fourth-order valence-electron chi connectivity index (χ4n) is 2.94. The summed E-state index contributed by atoms with van der Waals surface area (Å²) in [6.45, 7) is 5.63. The van der Waals surface area contributed by atoms with Crippen LogP contribution in [0.5, 0.6) is 0 Å². The predicted octanol–water partition coefficient (Wildman–Crippen LogP) is 2.36. The van der Waals surface area contributed by atoms with Crippen molar-refractivity contribution in [3.05, 3.63) is 35.4 Å². The molecule has 6 heteroatoms. The molecule has 1 aromatic rings. The van der Waals surface area contributed by atoms with Crippen molar-refractivity contribution in [2.24, 2.45) is 5.73 Å². The first-order valence-electron chi connectivity index (χ1n) is 8.36. The van der Waals surface area contributed by atoms with Crippen LogP contribution in [0, 0.1) is 0 Å². The average molecular weight is 354 g/mol. The smallest absolute Gasteiger partial charge is 0.239 e. The molecule has 24 heavy (non-hydrogen) atoms. The van der Waals surface area contributed by atoms with Gasteiger partial charge in [0.25, 0.3) is 0 Å². The third-order valence-corrected chi connectivity index (χ3v) is 4.33. The van der Waals surface area contributed by atoms with E-state index in [1.807, 2.05) is 24.0 Å². The van der Waals surface area contributed by atoms with Gasteiger partial charge in [-0.3, -0.25) is 9.59 Å². The van der Waals surface area contributed by atoms with Gasteiger partial charge in [-0.2, -0.15) is 0 Å². The van der Waals surface area contributed by atoms with Crippen LogP contribution in [0.3, 0.4) is 0 Å². The number of hydrogen-bond acceptors (Lipinski definition) is 3. The van der Waals surface area contributed by atoms with Crippen molar-refractivity contribution < 1.29 is 9.59 Å². The number of nitrogens with one attached hydrogen (secondary N) is 1. The number of nitrogens with two attached hydrogens (primary N) is 1. The van der Waals surface area contributed by atoms with Crippen molar-refractivity contribution in [1.29, 1.82) is 0 Å². The Hall–Kier alpha value is -1.59. The molecule has 1 aliphatic rings. The van der Waals surface area contributed by atoms with Gasteiger partial charge in [0.1, 0.15) is 0 Å². The number of rotatable bonds is 7. The molecular weight excluding hydrogens is 326 g/mol. The van der Waals surface area contributed by atoms with Crippen molar-refractivity contribution in [1.82, 2.24) is 10.2 Å². The maximum Gasteiger partial charge on any atom is 0.239 e. The molecule has 0 saturated heterocycles. The molecular formula is C18H28ClN3O2. The zero-order chi connectivity index (χ0) is 16.9. The van der Waals surface area contributed by atoms with E-state index >= 15 is 0 Å². The van der Waals surface area contributed by atoms with E-state index in [4.69, 9.17) is 5.73 Å². The molecule has 1 aromatic carbocycles. The van der Waals surface area contributed by atoms with Crippen LogP contribution in [-0.4, -0.2) is 28.8 Å². The maximum atomic E-state index is 12.2. The van der Waals surface area contributed by atoms with Crippen LogP contribution in [0.15, 0.2) is 24.3 Å². The standard InChI is InChI=1S/C18H27N3O2.ClH/c1-3-10-18(2,19)17(23)20-11-6-9-16(22)21-12-14-7-4-5-8-15(14)13-21;/h4-5,7-8H,3,6,9-13,19H2,1-2H3,(H,20,23);1H. The fourth-order valence-corrected chi connectivity index (χ4v) is 2.94. The Kier molecular flexibility index (Phi) is 7.70. The highest BCUT2D eigenvalue weighted by Crippen LogP contribution is 2.22. The predicted molar refractivity (Wildman–Crippen MR) is 97.7 cm³/mol. The molecule has 0 saturated carbocycles. The van der Waals surface area contributed by atoms with Crippen molar-refractivity contribution in [2.45, 2.75) is 58.2 Å². The van der Waals surface area contributed by atoms with E-state index in [-0.39, 0.29) is 24.2 Å². The Balaban J connectivity index is 0.00000288. The number of carbonyl (C=O) groups excluding carboxylic acids is 2. The molecule has 0 bridgehead atoms. The summed E-state index contributed by atoms with van der Waals surface area (Å²) in [6, 6.07) is 8.14. The summed E-state index contributed by atoms with van der Waals surface area (Å²) < 4.78 is 0. The largest absolute Gasteiger partial charge is 0.354 e. The lowest BCUT2D eigenvalue weighted by Crippen LogP contribution is -2.51. The highest BCUT2D eigenvalue weighted by molar-refractivity contribution is 5.85. The number of fused-ring (bicyclic) bond motifs is 1. The second-order valence-corrected chi connectivity index (χ2v) is 6.55. The molecule has 2 rings (SSSR count). The molecule has 3 N–H and O–H groups in total. The summed E-state index contributed by atoms with van der Waals surface area (Å²) in [5.41, 5.74) is 7.61. The van der Waals surface area contributed by atoms with Gasteiger partial charge in [-0.05, 0) is 30.9 Å². The van der Waals surface area contributed by atoms with E-state index in [1.54, 1.807) is 6.92 Å². The number of hydrogen-bond donors (Lipinski definition) is 2. The Morgan fingerprint density at radius 1 is 1.25 bits per heavy atom. The topological polar surface area (TPSA) is 75.4 Å². The maximum absolute atomic E-state index is 12.2. The minimum Gasteiger partial charge on any atom is -0.354 e. The lowest BCUT2D eigenvalue weighted by molar-refractivity contribution is -0.132. The van der Waals surface area contributed by atoms with Gasteiger partial charge in [-0.25, -0.2) is 0 Å². The summed E-state index contributed by atoms with van der Waals surface area (Å²) in [4.78, 5) is 26.1. The van der Waals surface area contributed by atoms with Gasteiger partial charge >= 0.3 is 0 Å². The molecule has 1 heterocycles. The first-order valence-corrected chi connectivity index (χ1v) is 8.36. The molecule has 2 amide bonds. The minimum atomic E-state index is -0.824. The molecule has 134 valence electrons. The van der Waals surface area contributed by atoms with E-state index in [1.165, 1.54) is 11.1 Å². The van der Waals surface area contributed by atoms with Gasteiger partial charge in [-0.1, -0.05) is 37.6 Å². The number of nitrogens with zero attached hydrogens (tertiary/aromatic N) is 1. The molecule has 1 unspecified atom stereocenters.